The highest BCUT2D eigenvalue weighted by Gasteiger charge is 2.37. The lowest BCUT2D eigenvalue weighted by Crippen LogP contribution is -2.34. The summed E-state index contributed by atoms with van der Waals surface area (Å²) in [6.07, 6.45) is 3.09. The molecule has 3 nitrogen and oxygen atoms in total. The molecule has 0 spiro atoms. The summed E-state index contributed by atoms with van der Waals surface area (Å²) in [5.41, 5.74) is 7.00. The number of carbonyl (C=O) groups excluding carboxylic acids is 1. The molecule has 1 aliphatic carbocycles. The van der Waals surface area contributed by atoms with Gasteiger partial charge in [-0.25, -0.2) is 0 Å². The average Bonchev–Trinajstić information content (AvgIpc) is 3.31. The first kappa shape index (κ1) is 24.4. The quantitative estimate of drug-likeness (QED) is 0.291. The van der Waals surface area contributed by atoms with Crippen molar-refractivity contribution in [3.63, 3.8) is 0 Å². The fraction of sp³-hybridized carbons (Fsp3) is 0.364. The molecule has 1 amide bonds. The Morgan fingerprint density at radius 1 is 0.861 bits per heavy atom. The van der Waals surface area contributed by atoms with Crippen LogP contribution in [0, 0.1) is 6.92 Å². The van der Waals surface area contributed by atoms with E-state index in [9.17, 15) is 4.79 Å². The van der Waals surface area contributed by atoms with Gasteiger partial charge in [0.2, 0.25) is 0 Å². The van der Waals surface area contributed by atoms with Crippen LogP contribution in [-0.2, 0) is 23.8 Å². The largest absolute Gasteiger partial charge is 0.456 e. The standard InChI is InChI=1S/C33H37NO2/c1-22-18-28-29(33(4,5)17-16-32(28,2)3)20-25(22)19-26-14-15-30(36-26)31(35)34(6)21-24-12-9-11-23-10-7-8-13-27(23)24/h7-15,18,20H,16-17,19,21H2,1-6H3. The van der Waals surface area contributed by atoms with E-state index in [4.69, 9.17) is 4.42 Å². The Morgan fingerprint density at radius 2 is 1.53 bits per heavy atom. The SMILES string of the molecule is Cc1cc2c(cc1Cc1ccc(C(=O)N(C)Cc3cccc4ccccc34)o1)C(C)(C)CCC2(C)C. The van der Waals surface area contributed by atoms with Crippen LogP contribution < -0.4 is 0 Å². The number of nitrogens with zero attached hydrogens (tertiary/aromatic N) is 1. The monoisotopic (exact) mass is 479 g/mol. The molecule has 3 heteroatoms. The Balaban J connectivity index is 1.36. The van der Waals surface area contributed by atoms with Crippen molar-refractivity contribution in [3.8, 4) is 0 Å². The summed E-state index contributed by atoms with van der Waals surface area (Å²) in [5.74, 6) is 1.12. The van der Waals surface area contributed by atoms with Gasteiger partial charge in [-0.05, 0) is 81.3 Å². The van der Waals surface area contributed by atoms with Crippen LogP contribution in [0.5, 0.6) is 0 Å². The zero-order chi connectivity index (χ0) is 25.7. The average molecular weight is 480 g/mol. The molecule has 0 unspecified atom stereocenters. The number of fused-ring (bicyclic) bond motifs is 2. The van der Waals surface area contributed by atoms with Crippen LogP contribution >= 0.6 is 0 Å². The third kappa shape index (κ3) is 4.48. The Labute approximate surface area is 215 Å². The van der Waals surface area contributed by atoms with Gasteiger partial charge in [0, 0.05) is 20.0 Å². The van der Waals surface area contributed by atoms with Gasteiger partial charge in [-0.1, -0.05) is 82.3 Å². The fourth-order valence-electron chi connectivity index (χ4n) is 5.68. The smallest absolute Gasteiger partial charge is 0.289 e. The lowest BCUT2D eigenvalue weighted by Gasteiger charge is -2.42. The second kappa shape index (κ2) is 8.96. The van der Waals surface area contributed by atoms with E-state index in [0.29, 0.717) is 18.7 Å². The lowest BCUT2D eigenvalue weighted by atomic mass is 9.62. The molecule has 1 aliphatic rings. The predicted octanol–water partition coefficient (Wildman–Crippen LogP) is 7.95. The Hall–Kier alpha value is -3.33. The number of carbonyl (C=O) groups is 1. The van der Waals surface area contributed by atoms with Gasteiger partial charge in [0.05, 0.1) is 0 Å². The van der Waals surface area contributed by atoms with Crippen LogP contribution in [-0.4, -0.2) is 17.9 Å². The van der Waals surface area contributed by atoms with Crippen LogP contribution in [0.15, 0.2) is 71.1 Å². The van der Waals surface area contributed by atoms with E-state index in [0.717, 1.165) is 11.3 Å². The Bertz CT molecular complexity index is 1430. The van der Waals surface area contributed by atoms with Crippen molar-refractivity contribution >= 4 is 16.7 Å². The summed E-state index contributed by atoms with van der Waals surface area (Å²) in [5, 5.41) is 2.36. The van der Waals surface area contributed by atoms with E-state index in [-0.39, 0.29) is 16.7 Å². The highest BCUT2D eigenvalue weighted by atomic mass is 16.4. The molecule has 0 N–H and O–H groups in total. The number of amides is 1. The molecule has 0 fully saturated rings. The summed E-state index contributed by atoms with van der Waals surface area (Å²) in [7, 11) is 1.84. The summed E-state index contributed by atoms with van der Waals surface area (Å²) in [4.78, 5) is 14.9. The van der Waals surface area contributed by atoms with E-state index >= 15 is 0 Å². The molecule has 0 bridgehead atoms. The van der Waals surface area contributed by atoms with E-state index < -0.39 is 0 Å². The van der Waals surface area contributed by atoms with Crippen LogP contribution in [0.25, 0.3) is 10.8 Å². The van der Waals surface area contributed by atoms with Crippen LogP contribution in [0.1, 0.15) is 84.7 Å². The molecular formula is C33H37NO2. The molecule has 5 rings (SSSR count). The van der Waals surface area contributed by atoms with Crippen LogP contribution in [0.2, 0.25) is 0 Å². The van der Waals surface area contributed by atoms with Gasteiger partial charge >= 0.3 is 0 Å². The second-order valence-electron chi connectivity index (χ2n) is 11.8. The summed E-state index contributed by atoms with van der Waals surface area (Å²) < 4.78 is 6.10. The fourth-order valence-corrected chi connectivity index (χ4v) is 5.68. The number of aryl methyl sites for hydroxylation is 1. The minimum Gasteiger partial charge on any atom is -0.456 e. The van der Waals surface area contributed by atoms with Gasteiger partial charge in [-0.2, -0.15) is 0 Å². The molecule has 186 valence electrons. The van der Waals surface area contributed by atoms with Crippen molar-refractivity contribution in [2.75, 3.05) is 7.05 Å². The maximum Gasteiger partial charge on any atom is 0.289 e. The van der Waals surface area contributed by atoms with E-state index in [1.807, 2.05) is 37.4 Å². The lowest BCUT2D eigenvalue weighted by molar-refractivity contribution is 0.0752. The highest BCUT2D eigenvalue weighted by Crippen LogP contribution is 2.46. The summed E-state index contributed by atoms with van der Waals surface area (Å²) in [6, 6.07) is 23.1. The van der Waals surface area contributed by atoms with Crippen molar-refractivity contribution < 1.29 is 9.21 Å². The van der Waals surface area contributed by atoms with Crippen molar-refractivity contribution in [2.45, 2.75) is 71.3 Å². The zero-order valence-corrected chi connectivity index (χ0v) is 22.4. The Kier molecular flexibility index (Phi) is 6.06. The molecular weight excluding hydrogens is 442 g/mol. The number of hydrogen-bond donors (Lipinski definition) is 0. The highest BCUT2D eigenvalue weighted by molar-refractivity contribution is 5.92. The molecule has 4 aromatic rings. The number of furan rings is 1. The molecule has 36 heavy (non-hydrogen) atoms. The molecule has 0 saturated heterocycles. The van der Waals surface area contributed by atoms with Crippen molar-refractivity contribution in [3.05, 3.63) is 106 Å². The second-order valence-corrected chi connectivity index (χ2v) is 11.8. The number of benzene rings is 3. The van der Waals surface area contributed by atoms with E-state index in [1.54, 1.807) is 4.90 Å². The van der Waals surface area contributed by atoms with Gasteiger partial charge < -0.3 is 9.32 Å². The van der Waals surface area contributed by atoms with Gasteiger partial charge in [0.1, 0.15) is 5.76 Å². The first-order valence-corrected chi connectivity index (χ1v) is 13.0. The predicted molar refractivity (Wildman–Crippen MR) is 148 cm³/mol. The summed E-state index contributed by atoms with van der Waals surface area (Å²) >= 11 is 0. The van der Waals surface area contributed by atoms with Gasteiger partial charge in [-0.3, -0.25) is 4.79 Å². The maximum absolute atomic E-state index is 13.2. The van der Waals surface area contributed by atoms with Crippen molar-refractivity contribution in [1.29, 1.82) is 0 Å². The molecule has 0 aliphatic heterocycles. The molecule has 1 heterocycles. The van der Waals surface area contributed by atoms with Gasteiger partial charge in [0.25, 0.3) is 5.91 Å². The first-order valence-electron chi connectivity index (χ1n) is 13.0. The molecule has 0 atom stereocenters. The van der Waals surface area contributed by atoms with E-state index in [2.05, 4.69) is 71.0 Å². The number of rotatable bonds is 5. The van der Waals surface area contributed by atoms with Crippen molar-refractivity contribution in [1.82, 2.24) is 4.90 Å². The zero-order valence-electron chi connectivity index (χ0n) is 22.4. The minimum atomic E-state index is -0.0979. The normalized spacial score (nSPS) is 16.1. The van der Waals surface area contributed by atoms with Crippen LogP contribution in [0.3, 0.4) is 0 Å². The topological polar surface area (TPSA) is 33.5 Å². The molecule has 0 saturated carbocycles. The number of hydrogen-bond acceptors (Lipinski definition) is 2. The van der Waals surface area contributed by atoms with E-state index in [1.165, 1.54) is 45.9 Å². The minimum absolute atomic E-state index is 0.0979. The van der Waals surface area contributed by atoms with Crippen LogP contribution in [0.4, 0.5) is 0 Å². The summed E-state index contributed by atoms with van der Waals surface area (Å²) in [6.45, 7) is 12.2. The van der Waals surface area contributed by atoms with Gasteiger partial charge in [-0.15, -0.1) is 0 Å². The first-order chi connectivity index (χ1) is 17.0. The van der Waals surface area contributed by atoms with Crippen molar-refractivity contribution in [2.24, 2.45) is 0 Å². The molecule has 3 aromatic carbocycles. The maximum atomic E-state index is 13.2. The Morgan fingerprint density at radius 3 is 2.28 bits per heavy atom. The third-order valence-electron chi connectivity index (χ3n) is 8.18. The van der Waals surface area contributed by atoms with Gasteiger partial charge in [0.15, 0.2) is 5.76 Å². The molecule has 0 radical (unpaired) electrons. The molecule has 1 aromatic heterocycles. The third-order valence-corrected chi connectivity index (χ3v) is 8.18.